The van der Waals surface area contributed by atoms with E-state index >= 15 is 0 Å². The Bertz CT molecular complexity index is 627. The molecule has 0 atom stereocenters. The summed E-state index contributed by atoms with van der Waals surface area (Å²) in [5, 5.41) is 5.81. The molecule has 0 fully saturated rings. The molecule has 0 radical (unpaired) electrons. The highest BCUT2D eigenvalue weighted by molar-refractivity contribution is 7.13. The van der Waals surface area contributed by atoms with Gasteiger partial charge in [0.2, 0.25) is 5.91 Å². The first-order valence-electron chi connectivity index (χ1n) is 6.82. The van der Waals surface area contributed by atoms with Crippen LogP contribution >= 0.6 is 11.3 Å². The van der Waals surface area contributed by atoms with Crippen LogP contribution in [-0.2, 0) is 4.79 Å². The zero-order valence-electron chi connectivity index (χ0n) is 12.8. The van der Waals surface area contributed by atoms with Crippen LogP contribution in [0.25, 0.3) is 10.6 Å². The molecule has 0 bridgehead atoms. The van der Waals surface area contributed by atoms with Gasteiger partial charge in [-0.05, 0) is 39.8 Å². The standard InChI is InChI=1S/C16H21N3OS/c1-15(2,16(3,4)17)14(20)19-12-7-5-6-11(10-12)13-18-8-9-21-13/h5-10H,17H2,1-4H3,(H,19,20). The van der Waals surface area contributed by atoms with E-state index in [1.807, 2.05) is 57.3 Å². The van der Waals surface area contributed by atoms with Gasteiger partial charge in [0.05, 0.1) is 5.41 Å². The van der Waals surface area contributed by atoms with Crippen molar-refractivity contribution in [2.75, 3.05) is 5.32 Å². The summed E-state index contributed by atoms with van der Waals surface area (Å²) >= 11 is 1.57. The van der Waals surface area contributed by atoms with E-state index in [0.717, 1.165) is 16.3 Å². The highest BCUT2D eigenvalue weighted by Crippen LogP contribution is 2.31. The zero-order valence-corrected chi connectivity index (χ0v) is 13.6. The second-order valence-electron chi connectivity index (χ2n) is 6.22. The van der Waals surface area contributed by atoms with E-state index in [1.165, 1.54) is 0 Å². The van der Waals surface area contributed by atoms with Crippen LogP contribution < -0.4 is 11.1 Å². The zero-order chi connectivity index (χ0) is 15.7. The van der Waals surface area contributed by atoms with Gasteiger partial charge >= 0.3 is 0 Å². The lowest BCUT2D eigenvalue weighted by atomic mass is 9.74. The summed E-state index contributed by atoms with van der Waals surface area (Å²) in [6.45, 7) is 7.43. The molecule has 2 aromatic rings. The minimum atomic E-state index is -0.676. The summed E-state index contributed by atoms with van der Waals surface area (Å²) in [5.74, 6) is -0.0914. The predicted molar refractivity (Wildman–Crippen MR) is 88.2 cm³/mol. The molecule has 4 nitrogen and oxygen atoms in total. The summed E-state index contributed by atoms with van der Waals surface area (Å²) in [5.41, 5.74) is 6.57. The molecule has 0 unspecified atom stereocenters. The molecule has 2 rings (SSSR count). The number of aromatic nitrogens is 1. The molecule has 0 aliphatic rings. The summed E-state index contributed by atoms with van der Waals surface area (Å²) in [6.07, 6.45) is 1.77. The Hall–Kier alpha value is -1.72. The number of hydrogen-bond donors (Lipinski definition) is 2. The van der Waals surface area contributed by atoms with Gasteiger partial charge in [-0.2, -0.15) is 0 Å². The monoisotopic (exact) mass is 303 g/mol. The van der Waals surface area contributed by atoms with E-state index in [9.17, 15) is 4.79 Å². The molecular formula is C16H21N3OS. The summed E-state index contributed by atoms with van der Waals surface area (Å²) < 4.78 is 0. The van der Waals surface area contributed by atoms with Crippen molar-refractivity contribution in [2.45, 2.75) is 33.2 Å². The number of benzene rings is 1. The minimum Gasteiger partial charge on any atom is -0.326 e. The molecule has 112 valence electrons. The molecule has 0 saturated heterocycles. The average molecular weight is 303 g/mol. The minimum absolute atomic E-state index is 0.0914. The van der Waals surface area contributed by atoms with Crippen molar-refractivity contribution in [1.82, 2.24) is 4.98 Å². The van der Waals surface area contributed by atoms with Gasteiger partial charge in [0.25, 0.3) is 0 Å². The number of rotatable bonds is 4. The third-order valence-electron chi connectivity index (χ3n) is 3.98. The highest BCUT2D eigenvalue weighted by Gasteiger charge is 2.40. The maximum Gasteiger partial charge on any atom is 0.231 e. The molecule has 0 spiro atoms. The van der Waals surface area contributed by atoms with Crippen LogP contribution in [0.1, 0.15) is 27.7 Å². The van der Waals surface area contributed by atoms with Gasteiger partial charge in [-0.15, -0.1) is 11.3 Å². The summed E-state index contributed by atoms with van der Waals surface area (Å²) in [6, 6.07) is 7.68. The van der Waals surface area contributed by atoms with Gasteiger partial charge < -0.3 is 11.1 Å². The fourth-order valence-corrected chi connectivity index (χ4v) is 2.31. The van der Waals surface area contributed by atoms with Crippen molar-refractivity contribution in [3.05, 3.63) is 35.8 Å². The van der Waals surface area contributed by atoms with Gasteiger partial charge in [-0.25, -0.2) is 4.98 Å². The molecule has 0 saturated carbocycles. The average Bonchev–Trinajstić information content (AvgIpc) is 2.91. The van der Waals surface area contributed by atoms with E-state index in [1.54, 1.807) is 17.5 Å². The van der Waals surface area contributed by atoms with Crippen LogP contribution in [-0.4, -0.2) is 16.4 Å². The van der Waals surface area contributed by atoms with Gasteiger partial charge in [-0.3, -0.25) is 4.79 Å². The molecule has 3 N–H and O–H groups in total. The molecule has 0 aliphatic heterocycles. The third-order valence-corrected chi connectivity index (χ3v) is 4.80. The maximum atomic E-state index is 12.5. The second kappa shape index (κ2) is 5.58. The van der Waals surface area contributed by atoms with Crippen molar-refractivity contribution < 1.29 is 4.79 Å². The van der Waals surface area contributed by atoms with E-state index in [0.29, 0.717) is 0 Å². The lowest BCUT2D eigenvalue weighted by molar-refractivity contribution is -0.126. The van der Waals surface area contributed by atoms with Crippen molar-refractivity contribution >= 4 is 22.9 Å². The number of thiazole rings is 1. The first-order valence-corrected chi connectivity index (χ1v) is 7.70. The van der Waals surface area contributed by atoms with Crippen LogP contribution in [0.15, 0.2) is 35.8 Å². The third kappa shape index (κ3) is 3.31. The van der Waals surface area contributed by atoms with Crippen LogP contribution in [0.5, 0.6) is 0 Å². The Morgan fingerprint density at radius 1 is 1.29 bits per heavy atom. The van der Waals surface area contributed by atoms with E-state index in [-0.39, 0.29) is 5.91 Å². The van der Waals surface area contributed by atoms with Crippen LogP contribution in [0.2, 0.25) is 0 Å². The normalized spacial score (nSPS) is 12.2. The van der Waals surface area contributed by atoms with Gasteiger partial charge in [0.1, 0.15) is 5.01 Å². The van der Waals surface area contributed by atoms with Gasteiger partial charge in [0.15, 0.2) is 0 Å². The fourth-order valence-electron chi connectivity index (χ4n) is 1.68. The number of hydrogen-bond acceptors (Lipinski definition) is 4. The van der Waals surface area contributed by atoms with Crippen molar-refractivity contribution in [2.24, 2.45) is 11.1 Å². The molecule has 5 heteroatoms. The second-order valence-corrected chi connectivity index (χ2v) is 7.11. The smallest absolute Gasteiger partial charge is 0.231 e. The van der Waals surface area contributed by atoms with Gasteiger partial charge in [0, 0.05) is 28.4 Å². The van der Waals surface area contributed by atoms with Crippen LogP contribution in [0, 0.1) is 5.41 Å². The topological polar surface area (TPSA) is 68.0 Å². The Morgan fingerprint density at radius 3 is 2.57 bits per heavy atom. The molecule has 21 heavy (non-hydrogen) atoms. The number of anilines is 1. The van der Waals surface area contributed by atoms with Crippen LogP contribution in [0.3, 0.4) is 0 Å². The largest absolute Gasteiger partial charge is 0.326 e. The SMILES string of the molecule is CC(C)(N)C(C)(C)C(=O)Nc1cccc(-c2nccs2)c1. The number of nitrogens with one attached hydrogen (secondary N) is 1. The summed E-state index contributed by atoms with van der Waals surface area (Å²) in [4.78, 5) is 16.8. The number of carbonyl (C=O) groups is 1. The predicted octanol–water partition coefficient (Wildman–Crippen LogP) is 3.51. The van der Waals surface area contributed by atoms with Crippen molar-refractivity contribution in [3.8, 4) is 10.6 Å². The lowest BCUT2D eigenvalue weighted by Gasteiger charge is -2.36. The number of nitrogens with zero attached hydrogens (tertiary/aromatic N) is 1. The van der Waals surface area contributed by atoms with Crippen molar-refractivity contribution in [1.29, 1.82) is 0 Å². The van der Waals surface area contributed by atoms with E-state index in [2.05, 4.69) is 10.3 Å². The molecule has 1 amide bonds. The first kappa shape index (κ1) is 15.7. The van der Waals surface area contributed by atoms with E-state index in [4.69, 9.17) is 5.73 Å². The highest BCUT2D eigenvalue weighted by atomic mass is 32.1. The Labute approximate surface area is 129 Å². The molecule has 1 heterocycles. The van der Waals surface area contributed by atoms with Crippen LogP contribution in [0.4, 0.5) is 5.69 Å². The lowest BCUT2D eigenvalue weighted by Crippen LogP contribution is -2.53. The molecule has 1 aromatic heterocycles. The Balaban J connectivity index is 2.21. The maximum absolute atomic E-state index is 12.5. The quantitative estimate of drug-likeness (QED) is 0.908. The molecular weight excluding hydrogens is 282 g/mol. The molecule has 1 aromatic carbocycles. The van der Waals surface area contributed by atoms with Gasteiger partial charge in [-0.1, -0.05) is 12.1 Å². The summed E-state index contributed by atoms with van der Waals surface area (Å²) in [7, 11) is 0. The number of amides is 1. The fraction of sp³-hybridized carbons (Fsp3) is 0.375. The van der Waals surface area contributed by atoms with E-state index < -0.39 is 11.0 Å². The first-order chi connectivity index (χ1) is 9.72. The van der Waals surface area contributed by atoms with Crippen molar-refractivity contribution in [3.63, 3.8) is 0 Å². The molecule has 0 aliphatic carbocycles. The number of carbonyl (C=O) groups excluding carboxylic acids is 1. The Morgan fingerprint density at radius 2 is 2.00 bits per heavy atom. The Kier molecular flexibility index (Phi) is 4.16. The number of nitrogens with two attached hydrogens (primary N) is 1.